The second-order valence-corrected chi connectivity index (χ2v) is 6.51. The first-order valence-electron chi connectivity index (χ1n) is 7.45. The predicted molar refractivity (Wildman–Crippen MR) is 88.8 cm³/mol. The molecule has 0 spiro atoms. The zero-order valence-electron chi connectivity index (χ0n) is 11.9. The van der Waals surface area contributed by atoms with Crippen LogP contribution in [0.3, 0.4) is 0 Å². The topological polar surface area (TPSA) is 43.8 Å². The van der Waals surface area contributed by atoms with E-state index in [1.807, 2.05) is 22.9 Å². The molecule has 112 valence electrons. The number of nitrogen functional groups attached to an aromatic ring is 1. The maximum Gasteiger partial charge on any atom is 0.122 e. The van der Waals surface area contributed by atoms with Crippen LogP contribution in [0.15, 0.2) is 24.3 Å². The molecule has 2 aromatic rings. The SMILES string of the molecule is Nc1cc(-c2ccc(Cl)cc2Cl)nn1C1CCCCCC1. The van der Waals surface area contributed by atoms with Crippen LogP contribution in [0.1, 0.15) is 44.6 Å². The Bertz CT molecular complexity index is 628. The summed E-state index contributed by atoms with van der Waals surface area (Å²) in [6.07, 6.45) is 7.43. The van der Waals surface area contributed by atoms with Gasteiger partial charge in [-0.25, -0.2) is 4.68 Å². The molecule has 1 heterocycles. The number of benzene rings is 1. The van der Waals surface area contributed by atoms with E-state index >= 15 is 0 Å². The van der Waals surface area contributed by atoms with Gasteiger partial charge >= 0.3 is 0 Å². The molecule has 5 heteroatoms. The van der Waals surface area contributed by atoms with E-state index in [1.165, 1.54) is 25.7 Å². The van der Waals surface area contributed by atoms with Gasteiger partial charge in [-0.3, -0.25) is 0 Å². The number of anilines is 1. The van der Waals surface area contributed by atoms with E-state index in [2.05, 4.69) is 0 Å². The Morgan fingerprint density at radius 2 is 1.76 bits per heavy atom. The summed E-state index contributed by atoms with van der Waals surface area (Å²) in [4.78, 5) is 0. The molecule has 0 atom stereocenters. The lowest BCUT2D eigenvalue weighted by Crippen LogP contribution is -2.12. The molecular formula is C16H19Cl2N3. The third kappa shape index (κ3) is 3.19. The summed E-state index contributed by atoms with van der Waals surface area (Å²) in [5, 5.41) is 5.93. The van der Waals surface area contributed by atoms with Crippen LogP contribution in [0.2, 0.25) is 10.0 Å². The number of nitrogens with zero attached hydrogens (tertiary/aromatic N) is 2. The molecule has 1 saturated carbocycles. The third-order valence-electron chi connectivity index (χ3n) is 4.14. The zero-order valence-corrected chi connectivity index (χ0v) is 13.4. The maximum absolute atomic E-state index is 6.26. The maximum atomic E-state index is 6.26. The van der Waals surface area contributed by atoms with E-state index in [-0.39, 0.29) is 0 Å². The number of rotatable bonds is 2. The second kappa shape index (κ2) is 6.29. The minimum absolute atomic E-state index is 0.410. The summed E-state index contributed by atoms with van der Waals surface area (Å²) in [6, 6.07) is 7.76. The molecule has 0 unspecified atom stereocenters. The Balaban J connectivity index is 1.93. The van der Waals surface area contributed by atoms with E-state index in [9.17, 15) is 0 Å². The summed E-state index contributed by atoms with van der Waals surface area (Å²) in [7, 11) is 0. The molecule has 0 bridgehead atoms. The summed E-state index contributed by atoms with van der Waals surface area (Å²) in [5.41, 5.74) is 7.86. The van der Waals surface area contributed by atoms with Gasteiger partial charge in [0.1, 0.15) is 5.82 Å². The van der Waals surface area contributed by atoms with Crippen LogP contribution >= 0.6 is 23.2 Å². The van der Waals surface area contributed by atoms with Gasteiger partial charge in [-0.2, -0.15) is 5.10 Å². The van der Waals surface area contributed by atoms with Crippen molar-refractivity contribution in [3.8, 4) is 11.3 Å². The second-order valence-electron chi connectivity index (χ2n) is 5.67. The van der Waals surface area contributed by atoms with Gasteiger partial charge in [0.15, 0.2) is 0 Å². The van der Waals surface area contributed by atoms with Crippen LogP contribution in [0.5, 0.6) is 0 Å². The van der Waals surface area contributed by atoms with Gasteiger partial charge in [0.2, 0.25) is 0 Å². The van der Waals surface area contributed by atoms with Crippen LogP contribution in [-0.2, 0) is 0 Å². The highest BCUT2D eigenvalue weighted by atomic mass is 35.5. The highest BCUT2D eigenvalue weighted by Gasteiger charge is 2.19. The molecule has 1 aromatic carbocycles. The Hall–Kier alpha value is -1.19. The summed E-state index contributed by atoms with van der Waals surface area (Å²) in [6.45, 7) is 0. The van der Waals surface area contributed by atoms with Crippen molar-refractivity contribution < 1.29 is 0 Å². The average molecular weight is 324 g/mol. The minimum Gasteiger partial charge on any atom is -0.384 e. The van der Waals surface area contributed by atoms with E-state index in [4.69, 9.17) is 34.0 Å². The molecule has 0 amide bonds. The number of nitrogens with two attached hydrogens (primary N) is 1. The fraction of sp³-hybridized carbons (Fsp3) is 0.438. The number of aromatic nitrogens is 2. The highest BCUT2D eigenvalue weighted by Crippen LogP contribution is 2.34. The van der Waals surface area contributed by atoms with Crippen LogP contribution in [0, 0.1) is 0 Å². The first kappa shape index (κ1) is 14.7. The highest BCUT2D eigenvalue weighted by molar-refractivity contribution is 6.36. The molecular weight excluding hydrogens is 305 g/mol. The van der Waals surface area contributed by atoms with Crippen LogP contribution in [0.4, 0.5) is 5.82 Å². The number of hydrogen-bond acceptors (Lipinski definition) is 2. The number of halogens is 2. The van der Waals surface area contributed by atoms with E-state index < -0.39 is 0 Å². The molecule has 1 aromatic heterocycles. The third-order valence-corrected chi connectivity index (χ3v) is 4.69. The molecule has 2 N–H and O–H groups in total. The number of hydrogen-bond donors (Lipinski definition) is 1. The Morgan fingerprint density at radius 3 is 2.43 bits per heavy atom. The van der Waals surface area contributed by atoms with Gasteiger partial charge < -0.3 is 5.73 Å². The van der Waals surface area contributed by atoms with Gasteiger partial charge in [-0.1, -0.05) is 48.9 Å². The zero-order chi connectivity index (χ0) is 14.8. The Morgan fingerprint density at radius 1 is 1.05 bits per heavy atom. The molecule has 0 aliphatic heterocycles. The van der Waals surface area contributed by atoms with Crippen molar-refractivity contribution in [2.45, 2.75) is 44.6 Å². The summed E-state index contributed by atoms with van der Waals surface area (Å²) in [5.74, 6) is 0.711. The summed E-state index contributed by atoms with van der Waals surface area (Å²) < 4.78 is 1.98. The van der Waals surface area contributed by atoms with Crippen molar-refractivity contribution in [2.75, 3.05) is 5.73 Å². The smallest absolute Gasteiger partial charge is 0.122 e. The first-order valence-corrected chi connectivity index (χ1v) is 8.21. The predicted octanol–water partition coefficient (Wildman–Crippen LogP) is 5.33. The summed E-state index contributed by atoms with van der Waals surface area (Å²) >= 11 is 12.2. The fourth-order valence-corrected chi connectivity index (χ4v) is 3.54. The minimum atomic E-state index is 0.410. The largest absolute Gasteiger partial charge is 0.384 e. The van der Waals surface area contributed by atoms with Crippen molar-refractivity contribution in [1.29, 1.82) is 0 Å². The van der Waals surface area contributed by atoms with E-state index in [0.717, 1.165) is 24.1 Å². The van der Waals surface area contributed by atoms with Gasteiger partial charge in [-0.15, -0.1) is 0 Å². The lowest BCUT2D eigenvalue weighted by Gasteiger charge is -2.16. The van der Waals surface area contributed by atoms with Crippen molar-refractivity contribution in [2.24, 2.45) is 0 Å². The molecule has 1 fully saturated rings. The average Bonchev–Trinajstić information content (AvgIpc) is 2.67. The van der Waals surface area contributed by atoms with Gasteiger partial charge in [0.25, 0.3) is 0 Å². The molecule has 21 heavy (non-hydrogen) atoms. The van der Waals surface area contributed by atoms with Crippen LogP contribution < -0.4 is 5.73 Å². The lowest BCUT2D eigenvalue weighted by molar-refractivity contribution is 0.412. The van der Waals surface area contributed by atoms with Crippen molar-refractivity contribution in [3.63, 3.8) is 0 Å². The van der Waals surface area contributed by atoms with Crippen molar-refractivity contribution >= 4 is 29.0 Å². The van der Waals surface area contributed by atoms with E-state index in [0.29, 0.717) is 21.9 Å². The molecule has 0 saturated heterocycles. The molecule has 1 aliphatic carbocycles. The standard InChI is InChI=1S/C16H19Cl2N3/c17-11-7-8-13(14(18)9-11)15-10-16(19)21(20-15)12-5-3-1-2-4-6-12/h7-10,12H,1-6,19H2. The van der Waals surface area contributed by atoms with Crippen LogP contribution in [-0.4, -0.2) is 9.78 Å². The van der Waals surface area contributed by atoms with Gasteiger partial charge in [-0.05, 0) is 31.0 Å². The molecule has 0 radical (unpaired) electrons. The van der Waals surface area contributed by atoms with E-state index in [1.54, 1.807) is 6.07 Å². The fourth-order valence-electron chi connectivity index (χ4n) is 3.03. The van der Waals surface area contributed by atoms with Gasteiger partial charge in [0.05, 0.1) is 16.8 Å². The molecule has 1 aliphatic rings. The lowest BCUT2D eigenvalue weighted by atomic mass is 10.1. The Kier molecular flexibility index (Phi) is 4.41. The Labute approximate surface area is 135 Å². The monoisotopic (exact) mass is 323 g/mol. The van der Waals surface area contributed by atoms with Gasteiger partial charge in [0, 0.05) is 16.7 Å². The first-order chi connectivity index (χ1) is 10.1. The van der Waals surface area contributed by atoms with Crippen molar-refractivity contribution in [3.05, 3.63) is 34.3 Å². The normalized spacial score (nSPS) is 16.9. The van der Waals surface area contributed by atoms with Crippen molar-refractivity contribution in [1.82, 2.24) is 9.78 Å². The quantitative estimate of drug-likeness (QED) is 0.758. The van der Waals surface area contributed by atoms with Crippen LogP contribution in [0.25, 0.3) is 11.3 Å². The molecule has 3 nitrogen and oxygen atoms in total. The molecule has 3 rings (SSSR count).